The van der Waals surface area contributed by atoms with Crippen molar-refractivity contribution in [2.45, 2.75) is 19.3 Å². The molecule has 1 aromatic carbocycles. The lowest BCUT2D eigenvalue weighted by Crippen LogP contribution is -2.09. The number of rotatable bonds is 2. The molecule has 2 nitrogen and oxygen atoms in total. The Kier molecular flexibility index (Phi) is 2.66. The number of carbonyl (C=O) groups excluding carboxylic acids is 2. The molecule has 0 amide bonds. The maximum atomic E-state index is 12.3. The molecule has 0 saturated heterocycles. The first-order chi connectivity index (χ1) is 8.18. The van der Waals surface area contributed by atoms with Crippen molar-refractivity contribution in [3.05, 3.63) is 34.3 Å². The van der Waals surface area contributed by atoms with Crippen LogP contribution in [-0.2, 0) is 4.79 Å². The molecule has 0 aromatic heterocycles. The molecule has 88 valence electrons. The zero-order valence-electron chi connectivity index (χ0n) is 9.36. The summed E-state index contributed by atoms with van der Waals surface area (Å²) in [5.41, 5.74) is 0.736. The lowest BCUT2D eigenvalue weighted by Gasteiger charge is -2.04. The van der Waals surface area contributed by atoms with E-state index in [0.29, 0.717) is 18.1 Å². The third-order valence-corrected chi connectivity index (χ3v) is 4.46. The summed E-state index contributed by atoms with van der Waals surface area (Å²) in [6.45, 7) is 0. The van der Waals surface area contributed by atoms with E-state index in [0.717, 1.165) is 22.9 Å². The molecule has 0 spiro atoms. The summed E-state index contributed by atoms with van der Waals surface area (Å²) in [5, 5.41) is 0. The van der Waals surface area contributed by atoms with Gasteiger partial charge in [0.15, 0.2) is 5.78 Å². The second-order valence-electron chi connectivity index (χ2n) is 4.95. The highest BCUT2D eigenvalue weighted by Crippen LogP contribution is 2.54. The number of Topliss-reactive ketones (excluding diaryl/α,β-unsaturated/α-hetero) is 2. The van der Waals surface area contributed by atoms with Gasteiger partial charge in [-0.2, -0.15) is 0 Å². The highest BCUT2D eigenvalue weighted by Gasteiger charge is 2.58. The Labute approximate surface area is 109 Å². The monoisotopic (exact) mass is 292 g/mol. The first-order valence-corrected chi connectivity index (χ1v) is 6.80. The third kappa shape index (κ3) is 1.86. The van der Waals surface area contributed by atoms with Crippen LogP contribution in [0.4, 0.5) is 0 Å². The average molecular weight is 293 g/mol. The van der Waals surface area contributed by atoms with Crippen LogP contribution in [0.1, 0.15) is 29.6 Å². The largest absolute Gasteiger partial charge is 0.299 e. The van der Waals surface area contributed by atoms with Gasteiger partial charge >= 0.3 is 0 Å². The van der Waals surface area contributed by atoms with Crippen LogP contribution < -0.4 is 0 Å². The minimum Gasteiger partial charge on any atom is -0.299 e. The van der Waals surface area contributed by atoms with Crippen molar-refractivity contribution >= 4 is 27.5 Å². The van der Waals surface area contributed by atoms with Crippen molar-refractivity contribution in [2.24, 2.45) is 17.8 Å². The van der Waals surface area contributed by atoms with Crippen molar-refractivity contribution in [3.8, 4) is 0 Å². The zero-order chi connectivity index (χ0) is 12.0. The van der Waals surface area contributed by atoms with Crippen molar-refractivity contribution in [2.75, 3.05) is 0 Å². The molecule has 2 aliphatic rings. The molecule has 3 rings (SSSR count). The second-order valence-corrected chi connectivity index (χ2v) is 5.86. The number of ketones is 2. The number of halogens is 1. The fourth-order valence-corrected chi connectivity index (χ4v) is 3.28. The Morgan fingerprint density at radius 1 is 1.24 bits per heavy atom. The van der Waals surface area contributed by atoms with Crippen molar-refractivity contribution < 1.29 is 9.59 Å². The van der Waals surface area contributed by atoms with Crippen LogP contribution in [-0.4, -0.2) is 11.6 Å². The molecule has 17 heavy (non-hydrogen) atoms. The van der Waals surface area contributed by atoms with Crippen molar-refractivity contribution in [1.29, 1.82) is 0 Å². The molecule has 0 bridgehead atoms. The predicted octanol–water partition coefficient (Wildman–Crippen LogP) is 3.25. The highest BCUT2D eigenvalue weighted by molar-refractivity contribution is 9.10. The summed E-state index contributed by atoms with van der Waals surface area (Å²) < 4.78 is 0.971. The van der Waals surface area contributed by atoms with Gasteiger partial charge in [-0.25, -0.2) is 0 Å². The molecule has 3 atom stereocenters. The molecule has 0 heterocycles. The maximum absolute atomic E-state index is 12.3. The van der Waals surface area contributed by atoms with Crippen LogP contribution in [0, 0.1) is 17.8 Å². The molecule has 0 radical (unpaired) electrons. The van der Waals surface area contributed by atoms with Gasteiger partial charge in [-0.05, 0) is 30.9 Å². The third-order valence-electron chi connectivity index (χ3n) is 3.93. The molecular formula is C14H13BrO2. The van der Waals surface area contributed by atoms with Crippen LogP contribution in [0.2, 0.25) is 0 Å². The maximum Gasteiger partial charge on any atom is 0.166 e. The summed E-state index contributed by atoms with van der Waals surface area (Å²) in [6, 6.07) is 7.42. The lowest BCUT2D eigenvalue weighted by molar-refractivity contribution is -0.121. The smallest absolute Gasteiger partial charge is 0.166 e. The molecule has 0 unspecified atom stereocenters. The minimum absolute atomic E-state index is 0.0221. The van der Waals surface area contributed by atoms with E-state index in [-0.39, 0.29) is 17.6 Å². The lowest BCUT2D eigenvalue weighted by atomic mass is 10.00. The molecule has 1 aromatic rings. The van der Waals surface area contributed by atoms with Gasteiger partial charge in [0.25, 0.3) is 0 Å². The molecule has 2 aliphatic carbocycles. The number of hydrogen-bond acceptors (Lipinski definition) is 2. The van der Waals surface area contributed by atoms with Gasteiger partial charge in [0, 0.05) is 28.3 Å². The standard InChI is InChI=1S/C14H13BrO2/c15-9-6-4-8(5-7-9)14(17)13-10-2-1-3-11(16)12(10)13/h4-7,10,12-13H,1-3H2/t10-,12-,13+/m1/s1. The number of carbonyl (C=O) groups is 2. The van der Waals surface area contributed by atoms with Gasteiger partial charge in [-0.3, -0.25) is 9.59 Å². The van der Waals surface area contributed by atoms with Crippen LogP contribution >= 0.6 is 15.9 Å². The zero-order valence-corrected chi connectivity index (χ0v) is 10.9. The van der Waals surface area contributed by atoms with Gasteiger partial charge in [-0.1, -0.05) is 28.1 Å². The van der Waals surface area contributed by atoms with Gasteiger partial charge in [-0.15, -0.1) is 0 Å². The second kappa shape index (κ2) is 4.05. The molecule has 0 aliphatic heterocycles. The van der Waals surface area contributed by atoms with E-state index in [1.807, 2.05) is 24.3 Å². The van der Waals surface area contributed by atoms with E-state index in [4.69, 9.17) is 0 Å². The summed E-state index contributed by atoms with van der Waals surface area (Å²) >= 11 is 3.35. The Balaban J connectivity index is 1.80. The quantitative estimate of drug-likeness (QED) is 0.784. The fraction of sp³-hybridized carbons (Fsp3) is 0.429. The van der Waals surface area contributed by atoms with Crippen molar-refractivity contribution in [3.63, 3.8) is 0 Å². The van der Waals surface area contributed by atoms with E-state index in [1.165, 1.54) is 0 Å². The van der Waals surface area contributed by atoms with Crippen molar-refractivity contribution in [1.82, 2.24) is 0 Å². The Hall–Kier alpha value is -0.960. The first-order valence-electron chi connectivity index (χ1n) is 6.01. The summed E-state index contributed by atoms with van der Waals surface area (Å²) in [6.07, 6.45) is 2.68. The summed E-state index contributed by atoms with van der Waals surface area (Å²) in [7, 11) is 0. The Morgan fingerprint density at radius 2 is 1.94 bits per heavy atom. The van der Waals surface area contributed by atoms with E-state index >= 15 is 0 Å². The number of benzene rings is 1. The fourth-order valence-electron chi connectivity index (χ4n) is 3.01. The van der Waals surface area contributed by atoms with Gasteiger partial charge in [0.05, 0.1) is 0 Å². The average Bonchev–Trinajstić information content (AvgIpc) is 3.05. The topological polar surface area (TPSA) is 34.1 Å². The van der Waals surface area contributed by atoms with Crippen LogP contribution in [0.5, 0.6) is 0 Å². The van der Waals surface area contributed by atoms with Crippen LogP contribution in [0.25, 0.3) is 0 Å². The molecule has 0 N–H and O–H groups in total. The molecule has 3 heteroatoms. The van der Waals surface area contributed by atoms with Gasteiger partial charge in [0.1, 0.15) is 5.78 Å². The normalized spacial score (nSPS) is 30.9. The first kappa shape index (κ1) is 11.1. The molecule has 2 fully saturated rings. The van der Waals surface area contributed by atoms with E-state index < -0.39 is 0 Å². The van der Waals surface area contributed by atoms with E-state index in [2.05, 4.69) is 15.9 Å². The van der Waals surface area contributed by atoms with Gasteiger partial charge < -0.3 is 0 Å². The van der Waals surface area contributed by atoms with Crippen LogP contribution in [0.3, 0.4) is 0 Å². The predicted molar refractivity (Wildman–Crippen MR) is 67.8 cm³/mol. The SMILES string of the molecule is O=C1CCC[C@@H]2[C@H]1[C@H]2C(=O)c1ccc(Br)cc1. The van der Waals surface area contributed by atoms with Gasteiger partial charge in [0.2, 0.25) is 0 Å². The highest BCUT2D eigenvalue weighted by atomic mass is 79.9. The van der Waals surface area contributed by atoms with E-state index in [9.17, 15) is 9.59 Å². The molecular weight excluding hydrogens is 280 g/mol. The van der Waals surface area contributed by atoms with Crippen LogP contribution in [0.15, 0.2) is 28.7 Å². The number of fused-ring (bicyclic) bond motifs is 1. The number of hydrogen-bond donors (Lipinski definition) is 0. The summed E-state index contributed by atoms with van der Waals surface area (Å²) in [5.74, 6) is 0.818. The minimum atomic E-state index is -0.0221. The Morgan fingerprint density at radius 3 is 2.59 bits per heavy atom. The summed E-state index contributed by atoms with van der Waals surface area (Å²) in [4.78, 5) is 23.9. The molecule has 2 saturated carbocycles. The van der Waals surface area contributed by atoms with E-state index in [1.54, 1.807) is 0 Å². The Bertz CT molecular complexity index is 478.